The van der Waals surface area contributed by atoms with Crippen LogP contribution >= 0.6 is 0 Å². The average molecular weight is 313 g/mol. The Balaban J connectivity index is 1.38. The van der Waals surface area contributed by atoms with Crippen LogP contribution in [0.1, 0.15) is 12.8 Å². The maximum Gasteiger partial charge on any atom is 0.312 e. The van der Waals surface area contributed by atoms with Crippen LogP contribution in [0.2, 0.25) is 0 Å². The van der Waals surface area contributed by atoms with Gasteiger partial charge in [0.2, 0.25) is 5.95 Å². The lowest BCUT2D eigenvalue weighted by Gasteiger charge is -2.34. The van der Waals surface area contributed by atoms with Gasteiger partial charge in [-0.3, -0.25) is 9.59 Å². The summed E-state index contributed by atoms with van der Waals surface area (Å²) in [6.07, 6.45) is 1.97. The number of hydrogen-bond acceptors (Lipinski definition) is 4. The van der Waals surface area contributed by atoms with E-state index in [1.807, 2.05) is 24.3 Å². The van der Waals surface area contributed by atoms with E-state index in [9.17, 15) is 9.59 Å². The minimum Gasteiger partial charge on any atom is -0.345 e. The number of nitrogens with zero attached hydrogens (tertiary/aromatic N) is 3. The fraction of sp³-hybridized carbons (Fsp3) is 0.438. The topological polar surface area (TPSA) is 81.3 Å². The zero-order valence-corrected chi connectivity index (χ0v) is 12.8. The fourth-order valence-corrected chi connectivity index (χ4v) is 2.83. The molecule has 1 aromatic heterocycles. The maximum atomic E-state index is 12.1. The van der Waals surface area contributed by atoms with Gasteiger partial charge in [-0.1, -0.05) is 12.1 Å². The summed E-state index contributed by atoms with van der Waals surface area (Å²) in [5.74, 6) is -0.0634. The third kappa shape index (κ3) is 2.86. The van der Waals surface area contributed by atoms with Gasteiger partial charge in [0, 0.05) is 32.2 Å². The number of para-hydroxylation sites is 2. The van der Waals surface area contributed by atoms with Crippen molar-refractivity contribution < 1.29 is 9.59 Å². The quantitative estimate of drug-likeness (QED) is 0.791. The summed E-state index contributed by atoms with van der Waals surface area (Å²) in [6, 6.07) is 8.11. The number of imidazole rings is 1. The Kier molecular flexibility index (Phi) is 3.40. The van der Waals surface area contributed by atoms with E-state index in [1.165, 1.54) is 0 Å². The van der Waals surface area contributed by atoms with Gasteiger partial charge in [-0.05, 0) is 25.0 Å². The number of carbonyl (C=O) groups is 2. The predicted octanol–water partition coefficient (Wildman–Crippen LogP) is 0.490. The molecule has 7 nitrogen and oxygen atoms in total. The third-order valence-electron chi connectivity index (χ3n) is 4.35. The molecule has 2 aromatic rings. The number of carbonyl (C=O) groups excluding carboxylic acids is 2. The number of rotatable bonds is 2. The predicted molar refractivity (Wildman–Crippen MR) is 86.1 cm³/mol. The zero-order valence-electron chi connectivity index (χ0n) is 12.8. The second-order valence-electron chi connectivity index (χ2n) is 6.10. The Morgan fingerprint density at radius 1 is 1.13 bits per heavy atom. The van der Waals surface area contributed by atoms with E-state index >= 15 is 0 Å². The van der Waals surface area contributed by atoms with E-state index in [4.69, 9.17) is 0 Å². The Morgan fingerprint density at radius 3 is 2.57 bits per heavy atom. The van der Waals surface area contributed by atoms with E-state index in [2.05, 4.69) is 20.2 Å². The van der Waals surface area contributed by atoms with Gasteiger partial charge in [-0.2, -0.15) is 0 Å². The molecule has 1 aliphatic carbocycles. The molecule has 0 spiro atoms. The molecule has 2 aliphatic rings. The number of aromatic amines is 1. The van der Waals surface area contributed by atoms with Crippen LogP contribution in [-0.4, -0.2) is 58.9 Å². The summed E-state index contributed by atoms with van der Waals surface area (Å²) in [7, 11) is 0. The molecule has 0 radical (unpaired) electrons. The van der Waals surface area contributed by atoms with Crippen LogP contribution in [0.4, 0.5) is 5.95 Å². The highest BCUT2D eigenvalue weighted by molar-refractivity contribution is 6.35. The van der Waals surface area contributed by atoms with E-state index in [1.54, 1.807) is 4.90 Å². The summed E-state index contributed by atoms with van der Waals surface area (Å²) in [5, 5.41) is 2.75. The molecule has 0 bridgehead atoms. The highest BCUT2D eigenvalue weighted by atomic mass is 16.2. The first-order valence-electron chi connectivity index (χ1n) is 8.00. The monoisotopic (exact) mass is 313 g/mol. The van der Waals surface area contributed by atoms with E-state index in [0.29, 0.717) is 26.2 Å². The molecule has 7 heteroatoms. The van der Waals surface area contributed by atoms with Crippen LogP contribution in [0, 0.1) is 0 Å². The molecule has 4 rings (SSSR count). The number of piperazine rings is 1. The van der Waals surface area contributed by atoms with Crippen LogP contribution in [0.3, 0.4) is 0 Å². The van der Waals surface area contributed by atoms with Gasteiger partial charge in [0.1, 0.15) is 0 Å². The van der Waals surface area contributed by atoms with Crippen LogP contribution < -0.4 is 10.2 Å². The second-order valence-corrected chi connectivity index (χ2v) is 6.10. The van der Waals surface area contributed by atoms with E-state index < -0.39 is 11.8 Å². The van der Waals surface area contributed by atoms with Gasteiger partial charge in [0.25, 0.3) is 0 Å². The van der Waals surface area contributed by atoms with Gasteiger partial charge in [-0.25, -0.2) is 4.98 Å². The van der Waals surface area contributed by atoms with Gasteiger partial charge in [-0.15, -0.1) is 0 Å². The molecule has 2 fully saturated rings. The second kappa shape index (κ2) is 5.57. The normalized spacial score (nSPS) is 18.3. The first-order valence-corrected chi connectivity index (χ1v) is 8.00. The molecule has 2 N–H and O–H groups in total. The lowest BCUT2D eigenvalue weighted by molar-refractivity contribution is -0.146. The average Bonchev–Trinajstić information content (AvgIpc) is 3.29. The number of fused-ring (bicyclic) bond motifs is 1. The smallest absolute Gasteiger partial charge is 0.312 e. The Hall–Kier alpha value is -2.57. The third-order valence-corrected chi connectivity index (χ3v) is 4.35. The number of H-pyrrole nitrogens is 1. The van der Waals surface area contributed by atoms with Crippen molar-refractivity contribution in [3.8, 4) is 0 Å². The SMILES string of the molecule is O=C(NC1CC1)C(=O)N1CCN(c2nc3ccccc3[nH]2)CC1. The molecular formula is C16H19N5O2. The van der Waals surface area contributed by atoms with Crippen LogP contribution in [0.25, 0.3) is 11.0 Å². The number of amides is 2. The summed E-state index contributed by atoms with van der Waals surface area (Å²) >= 11 is 0. The maximum absolute atomic E-state index is 12.1. The molecular weight excluding hydrogens is 294 g/mol. The molecule has 1 aromatic carbocycles. The Morgan fingerprint density at radius 2 is 1.87 bits per heavy atom. The number of anilines is 1. The van der Waals surface area contributed by atoms with Crippen LogP contribution in [-0.2, 0) is 9.59 Å². The Labute approximate surface area is 133 Å². The lowest BCUT2D eigenvalue weighted by atomic mass is 10.3. The van der Waals surface area contributed by atoms with Crippen molar-refractivity contribution >= 4 is 28.8 Å². The van der Waals surface area contributed by atoms with Gasteiger partial charge >= 0.3 is 11.8 Å². The van der Waals surface area contributed by atoms with Gasteiger partial charge in [0.15, 0.2) is 0 Å². The van der Waals surface area contributed by atoms with Crippen molar-refractivity contribution in [1.82, 2.24) is 20.2 Å². The fourth-order valence-electron chi connectivity index (χ4n) is 2.83. The summed E-state index contributed by atoms with van der Waals surface area (Å²) in [4.78, 5) is 35.6. The number of benzene rings is 1. The van der Waals surface area contributed by atoms with E-state index in [-0.39, 0.29) is 6.04 Å². The molecule has 1 saturated heterocycles. The highest BCUT2D eigenvalue weighted by Crippen LogP contribution is 2.20. The number of nitrogens with one attached hydrogen (secondary N) is 2. The molecule has 0 atom stereocenters. The molecule has 23 heavy (non-hydrogen) atoms. The molecule has 1 saturated carbocycles. The molecule has 2 amide bonds. The molecule has 1 aliphatic heterocycles. The standard InChI is InChI=1S/C16H19N5O2/c22-14(17-11-5-6-11)15(23)20-7-9-21(10-8-20)16-18-12-3-1-2-4-13(12)19-16/h1-4,11H,5-10H2,(H,17,22)(H,18,19). The summed E-state index contributed by atoms with van der Waals surface area (Å²) in [5.41, 5.74) is 1.94. The molecule has 120 valence electrons. The molecule has 0 unspecified atom stereocenters. The van der Waals surface area contributed by atoms with Gasteiger partial charge < -0.3 is 20.1 Å². The minimum absolute atomic E-state index is 0.211. The van der Waals surface area contributed by atoms with Crippen molar-refractivity contribution in [3.63, 3.8) is 0 Å². The minimum atomic E-state index is -0.468. The summed E-state index contributed by atoms with van der Waals surface area (Å²) in [6.45, 7) is 2.41. The lowest BCUT2D eigenvalue weighted by Crippen LogP contribution is -2.53. The van der Waals surface area contributed by atoms with Gasteiger partial charge in [0.05, 0.1) is 11.0 Å². The number of hydrogen-bond donors (Lipinski definition) is 2. The zero-order chi connectivity index (χ0) is 15.8. The van der Waals surface area contributed by atoms with E-state index in [0.717, 1.165) is 29.8 Å². The van der Waals surface area contributed by atoms with Crippen molar-refractivity contribution in [2.45, 2.75) is 18.9 Å². The first kappa shape index (κ1) is 14.0. The highest BCUT2D eigenvalue weighted by Gasteiger charge is 2.31. The van der Waals surface area contributed by atoms with Crippen molar-refractivity contribution in [2.24, 2.45) is 0 Å². The summed E-state index contributed by atoms with van der Waals surface area (Å²) < 4.78 is 0. The van der Waals surface area contributed by atoms with Crippen LogP contribution in [0.15, 0.2) is 24.3 Å². The number of aromatic nitrogens is 2. The van der Waals surface area contributed by atoms with Crippen molar-refractivity contribution in [2.75, 3.05) is 31.1 Å². The van der Waals surface area contributed by atoms with Crippen LogP contribution in [0.5, 0.6) is 0 Å². The largest absolute Gasteiger partial charge is 0.345 e. The Bertz CT molecular complexity index is 711. The van der Waals surface area contributed by atoms with Crippen molar-refractivity contribution in [1.29, 1.82) is 0 Å². The first-order chi connectivity index (χ1) is 11.2. The van der Waals surface area contributed by atoms with Crippen molar-refractivity contribution in [3.05, 3.63) is 24.3 Å². The molecule has 2 heterocycles.